The topological polar surface area (TPSA) is 0 Å². The minimum absolute atomic E-state index is 0.912. The molecule has 68 valence electrons. The molecule has 0 aliphatic rings. The van der Waals surface area contributed by atoms with E-state index in [1.165, 1.54) is 21.2 Å². The minimum Gasteiger partial charge on any atom is -0.133 e. The first-order valence-electron chi connectivity index (χ1n) is 3.98. The average Bonchev–Trinajstić information content (AvgIpc) is 2.43. The molecule has 3 heteroatoms. The van der Waals surface area contributed by atoms with Gasteiger partial charge in [-0.05, 0) is 35.6 Å². The summed E-state index contributed by atoms with van der Waals surface area (Å²) in [5.41, 5.74) is 2.67. The van der Waals surface area contributed by atoms with Crippen LogP contribution in [0.5, 0.6) is 0 Å². The first kappa shape index (κ1) is 9.56. The molecule has 0 nitrogen and oxygen atoms in total. The predicted molar refractivity (Wildman–Crippen MR) is 66.4 cm³/mol. The lowest BCUT2D eigenvalue weighted by Crippen LogP contribution is -1.80. The number of aryl methyl sites for hydroxylation is 1. The monoisotopic (exact) mass is 272 g/mol. The lowest BCUT2D eigenvalue weighted by atomic mass is 10.1. The van der Waals surface area contributed by atoms with Crippen molar-refractivity contribution < 1.29 is 0 Å². The van der Waals surface area contributed by atoms with Crippen LogP contribution in [0.3, 0.4) is 0 Å². The Morgan fingerprint density at radius 1 is 1.38 bits per heavy atom. The van der Waals surface area contributed by atoms with Crippen LogP contribution in [0.25, 0.3) is 10.1 Å². The van der Waals surface area contributed by atoms with Crippen LogP contribution in [-0.2, 0) is 5.33 Å². The summed E-state index contributed by atoms with van der Waals surface area (Å²) in [6, 6.07) is 6.57. The molecular formula is C10H9BrS2. The molecule has 2 rings (SSSR count). The van der Waals surface area contributed by atoms with Crippen molar-refractivity contribution in [2.45, 2.75) is 16.5 Å². The Bertz CT molecular complexity index is 445. The SMILES string of the molecule is Cc1cc(CBr)c2cc(S)sc2c1. The molecule has 0 unspecified atom stereocenters. The summed E-state index contributed by atoms with van der Waals surface area (Å²) in [5.74, 6) is 0. The second-order valence-corrected chi connectivity index (χ2v) is 5.48. The number of thiophene rings is 1. The largest absolute Gasteiger partial charge is 0.133 e. The van der Waals surface area contributed by atoms with E-state index in [0.29, 0.717) is 0 Å². The van der Waals surface area contributed by atoms with E-state index >= 15 is 0 Å². The normalized spacial score (nSPS) is 11.0. The smallest absolute Gasteiger partial charge is 0.0580 e. The average molecular weight is 273 g/mol. The van der Waals surface area contributed by atoms with Gasteiger partial charge in [-0.15, -0.1) is 24.0 Å². The van der Waals surface area contributed by atoms with Gasteiger partial charge in [-0.25, -0.2) is 0 Å². The zero-order valence-corrected chi connectivity index (χ0v) is 10.5. The number of rotatable bonds is 1. The maximum Gasteiger partial charge on any atom is 0.0580 e. The van der Waals surface area contributed by atoms with Crippen molar-refractivity contribution in [3.05, 3.63) is 29.3 Å². The highest BCUT2D eigenvalue weighted by Gasteiger charge is 2.04. The minimum atomic E-state index is 0.912. The van der Waals surface area contributed by atoms with Gasteiger partial charge in [0.2, 0.25) is 0 Å². The third kappa shape index (κ3) is 1.78. The second kappa shape index (κ2) is 3.64. The van der Waals surface area contributed by atoms with E-state index in [0.717, 1.165) is 9.54 Å². The van der Waals surface area contributed by atoms with Gasteiger partial charge in [-0.3, -0.25) is 0 Å². The van der Waals surface area contributed by atoms with E-state index in [1.807, 2.05) is 0 Å². The molecule has 0 amide bonds. The molecule has 13 heavy (non-hydrogen) atoms. The number of fused-ring (bicyclic) bond motifs is 1. The number of halogens is 1. The summed E-state index contributed by atoms with van der Waals surface area (Å²) in [7, 11) is 0. The molecule has 2 aromatic rings. The highest BCUT2D eigenvalue weighted by Crippen LogP contribution is 2.32. The molecule has 0 radical (unpaired) electrons. The van der Waals surface area contributed by atoms with E-state index in [-0.39, 0.29) is 0 Å². The molecule has 0 fully saturated rings. The van der Waals surface area contributed by atoms with Crippen LogP contribution in [0.15, 0.2) is 22.4 Å². The second-order valence-electron chi connectivity index (χ2n) is 3.05. The van der Waals surface area contributed by atoms with Crippen LogP contribution in [0.2, 0.25) is 0 Å². The molecule has 0 bridgehead atoms. The Morgan fingerprint density at radius 3 is 2.85 bits per heavy atom. The highest BCUT2D eigenvalue weighted by atomic mass is 79.9. The van der Waals surface area contributed by atoms with Gasteiger partial charge in [-0.1, -0.05) is 22.0 Å². The number of hydrogen-bond acceptors (Lipinski definition) is 2. The van der Waals surface area contributed by atoms with Gasteiger partial charge in [0, 0.05) is 10.0 Å². The summed E-state index contributed by atoms with van der Waals surface area (Å²) in [6.07, 6.45) is 0. The fraction of sp³-hybridized carbons (Fsp3) is 0.200. The highest BCUT2D eigenvalue weighted by molar-refractivity contribution is 9.08. The Morgan fingerprint density at radius 2 is 2.15 bits per heavy atom. The summed E-state index contributed by atoms with van der Waals surface area (Å²) >= 11 is 9.61. The standard InChI is InChI=1S/C10H9BrS2/c1-6-2-7(5-11)8-4-10(12)13-9(8)3-6/h2-4,12H,5H2,1H3. The number of benzene rings is 1. The molecule has 0 spiro atoms. The molecule has 1 aromatic carbocycles. The van der Waals surface area contributed by atoms with E-state index in [2.05, 4.69) is 53.7 Å². The van der Waals surface area contributed by atoms with Crippen molar-refractivity contribution in [2.75, 3.05) is 0 Å². The van der Waals surface area contributed by atoms with E-state index < -0.39 is 0 Å². The maximum absolute atomic E-state index is 4.37. The Hall–Kier alpha value is 0.01000. The van der Waals surface area contributed by atoms with Crippen molar-refractivity contribution >= 4 is 50.0 Å². The quantitative estimate of drug-likeness (QED) is 0.578. The fourth-order valence-electron chi connectivity index (χ4n) is 1.46. The van der Waals surface area contributed by atoms with Crippen molar-refractivity contribution in [3.63, 3.8) is 0 Å². The first-order chi connectivity index (χ1) is 6.20. The lowest BCUT2D eigenvalue weighted by molar-refractivity contribution is 1.42. The van der Waals surface area contributed by atoms with E-state index in [1.54, 1.807) is 11.3 Å². The molecule has 0 saturated carbocycles. The number of thiol groups is 1. The lowest BCUT2D eigenvalue weighted by Gasteiger charge is -2.00. The van der Waals surface area contributed by atoms with Crippen LogP contribution >= 0.6 is 39.9 Å². The third-order valence-corrected chi connectivity index (χ3v) is 3.89. The molecule has 0 N–H and O–H groups in total. The van der Waals surface area contributed by atoms with Crippen LogP contribution in [0, 0.1) is 6.92 Å². The van der Waals surface area contributed by atoms with Gasteiger partial charge in [-0.2, -0.15) is 0 Å². The number of hydrogen-bond donors (Lipinski definition) is 1. The molecule has 0 atom stereocenters. The summed E-state index contributed by atoms with van der Waals surface area (Å²) in [5, 5.41) is 2.24. The molecule has 1 heterocycles. The van der Waals surface area contributed by atoms with Gasteiger partial charge in [0.1, 0.15) is 0 Å². The molecular weight excluding hydrogens is 264 g/mol. The molecule has 0 aliphatic carbocycles. The maximum atomic E-state index is 4.37. The summed E-state index contributed by atoms with van der Waals surface area (Å²) in [4.78, 5) is 0. The predicted octanol–water partition coefficient (Wildman–Crippen LogP) is 4.39. The van der Waals surface area contributed by atoms with Gasteiger partial charge in [0.15, 0.2) is 0 Å². The van der Waals surface area contributed by atoms with Gasteiger partial charge in [0.25, 0.3) is 0 Å². The van der Waals surface area contributed by atoms with Crippen molar-refractivity contribution in [3.8, 4) is 0 Å². The van der Waals surface area contributed by atoms with Gasteiger partial charge < -0.3 is 0 Å². The Kier molecular flexibility index (Phi) is 2.67. The molecule has 1 aromatic heterocycles. The van der Waals surface area contributed by atoms with Gasteiger partial charge in [0.05, 0.1) is 4.21 Å². The Labute approximate surface area is 95.5 Å². The first-order valence-corrected chi connectivity index (χ1v) is 6.37. The zero-order chi connectivity index (χ0) is 9.42. The Balaban J connectivity index is 2.80. The summed E-state index contributed by atoms with van der Waals surface area (Å²) in [6.45, 7) is 2.13. The summed E-state index contributed by atoms with van der Waals surface area (Å²) < 4.78 is 2.42. The van der Waals surface area contributed by atoms with Crippen molar-refractivity contribution in [2.24, 2.45) is 0 Å². The van der Waals surface area contributed by atoms with E-state index in [9.17, 15) is 0 Å². The number of alkyl halides is 1. The van der Waals surface area contributed by atoms with Crippen LogP contribution in [0.4, 0.5) is 0 Å². The van der Waals surface area contributed by atoms with Crippen molar-refractivity contribution in [1.29, 1.82) is 0 Å². The van der Waals surface area contributed by atoms with Crippen LogP contribution < -0.4 is 0 Å². The molecule has 0 saturated heterocycles. The van der Waals surface area contributed by atoms with Crippen LogP contribution in [0.1, 0.15) is 11.1 Å². The van der Waals surface area contributed by atoms with Crippen LogP contribution in [-0.4, -0.2) is 0 Å². The zero-order valence-electron chi connectivity index (χ0n) is 7.17. The molecule has 0 aliphatic heterocycles. The third-order valence-electron chi connectivity index (χ3n) is 2.00. The fourth-order valence-corrected chi connectivity index (χ4v) is 3.30. The van der Waals surface area contributed by atoms with Crippen molar-refractivity contribution in [1.82, 2.24) is 0 Å². The van der Waals surface area contributed by atoms with E-state index in [4.69, 9.17) is 0 Å². The van der Waals surface area contributed by atoms with Gasteiger partial charge >= 0.3 is 0 Å².